The maximum Gasteiger partial charge on any atom is 0.407 e. The van der Waals surface area contributed by atoms with Crippen LogP contribution in [0.1, 0.15) is 73.1 Å². The fourth-order valence-electron chi connectivity index (χ4n) is 5.48. The average molecular weight is 1130 g/mol. The number of amides is 4. The van der Waals surface area contributed by atoms with Crippen molar-refractivity contribution in [1.82, 2.24) is 21.3 Å². The lowest BCUT2D eigenvalue weighted by Gasteiger charge is -2.41. The number of carbonyl (C=O) groups excluding carboxylic acids is 4. The molecule has 1 atom stereocenters. The Kier molecular flexibility index (Phi) is 22.8. The molecule has 4 N–H and O–H groups in total. The van der Waals surface area contributed by atoms with Crippen LogP contribution in [-0.2, 0) is 18.9 Å². The van der Waals surface area contributed by atoms with Gasteiger partial charge in [0.15, 0.2) is 26.4 Å². The van der Waals surface area contributed by atoms with Crippen molar-refractivity contribution in [2.75, 3.05) is 52.6 Å². The third-order valence-corrected chi connectivity index (χ3v) is 9.86. The van der Waals surface area contributed by atoms with E-state index >= 15 is 0 Å². The molecule has 36 heteroatoms. The fraction of sp³-hybridized carbons (Fsp3) is 0.892. The number of rotatable bonds is 31. The van der Waals surface area contributed by atoms with Gasteiger partial charge in [0.25, 0.3) is 0 Å². The van der Waals surface area contributed by atoms with Crippen LogP contribution in [0.5, 0.6) is 0 Å². The van der Waals surface area contributed by atoms with E-state index in [1.165, 1.54) is 34.6 Å². The van der Waals surface area contributed by atoms with Crippen molar-refractivity contribution >= 4 is 24.4 Å². The summed E-state index contributed by atoms with van der Waals surface area (Å²) >= 11 is 0. The summed E-state index contributed by atoms with van der Waals surface area (Å²) in [5, 5.41) is 6.48. The Balaban J connectivity index is 5.50. The van der Waals surface area contributed by atoms with E-state index in [1.54, 1.807) is 21.3 Å². The van der Waals surface area contributed by atoms with Gasteiger partial charge >= 0.3 is 95.4 Å². The zero-order valence-corrected chi connectivity index (χ0v) is 38.3. The molecule has 0 fully saturated rings. The highest BCUT2D eigenvalue weighted by atomic mass is 19.4. The first kappa shape index (κ1) is 68.4. The van der Waals surface area contributed by atoms with E-state index in [1.807, 2.05) is 0 Å². The minimum absolute atomic E-state index is 0.130. The van der Waals surface area contributed by atoms with Gasteiger partial charge in [0.05, 0.1) is 0 Å². The number of hydrogen-bond donors (Lipinski definition) is 4. The van der Waals surface area contributed by atoms with Gasteiger partial charge in [-0.3, -0.25) is 0 Å². The number of hydrogen-bond acceptors (Lipinski definition) is 8. The molecule has 4 amide bonds. The van der Waals surface area contributed by atoms with E-state index in [9.17, 15) is 125 Å². The maximum atomic E-state index is 14.3. The summed E-state index contributed by atoms with van der Waals surface area (Å²) < 4.78 is 355. The standard InChI is InChI=1S/C37H48F24N4O8/c1-6-8-11-62-21(66)70-16-26(38,39)30(46,47)34(54,55)36(58,59)32(50,51)28(42,43)18-72-23(68)64-13-10-20(3)14-25(4,5)15-65-24(69)73-19-29(44,45)33(52,53)37(60,61)35(56,57)31(48,49)27(40,41)17-71-22(67)63-12-9-7-2/h20H,6-19H2,1-5H3,(H,62,66)(H,63,67)(H,64,68)(H,65,69). The Bertz CT molecular complexity index is 1820. The summed E-state index contributed by atoms with van der Waals surface area (Å²) in [7, 11) is 0. The van der Waals surface area contributed by atoms with Crippen LogP contribution in [0.3, 0.4) is 0 Å². The normalized spacial score (nSPS) is 14.8. The molecular formula is C37H48F24N4O8. The zero-order chi connectivity index (χ0) is 57.9. The number of carbonyl (C=O) groups is 4. The Morgan fingerprint density at radius 2 is 0.616 bits per heavy atom. The van der Waals surface area contributed by atoms with Gasteiger partial charge in [-0.2, -0.15) is 105 Å². The van der Waals surface area contributed by atoms with E-state index in [0.717, 1.165) is 0 Å². The van der Waals surface area contributed by atoms with E-state index in [2.05, 4.69) is 18.9 Å². The molecule has 0 aromatic carbocycles. The average Bonchev–Trinajstić information content (AvgIpc) is 3.24. The van der Waals surface area contributed by atoms with Crippen LogP contribution >= 0.6 is 0 Å². The summed E-state index contributed by atoms with van der Waals surface area (Å²) in [4.78, 5) is 46.4. The molecule has 0 saturated carbocycles. The summed E-state index contributed by atoms with van der Waals surface area (Å²) in [6, 6.07) is 0. The monoisotopic (exact) mass is 1130 g/mol. The Labute approximate surface area is 397 Å². The molecule has 0 aromatic heterocycles. The van der Waals surface area contributed by atoms with Gasteiger partial charge in [0, 0.05) is 26.2 Å². The number of nitrogens with one attached hydrogen (secondary N) is 4. The zero-order valence-electron chi connectivity index (χ0n) is 38.3. The molecule has 12 nitrogen and oxygen atoms in total. The van der Waals surface area contributed by atoms with Gasteiger partial charge in [0.1, 0.15) is 0 Å². The van der Waals surface area contributed by atoms with Crippen LogP contribution in [0.2, 0.25) is 0 Å². The quantitative estimate of drug-likeness (QED) is 0.0304. The van der Waals surface area contributed by atoms with Crippen molar-refractivity contribution in [1.29, 1.82) is 0 Å². The van der Waals surface area contributed by atoms with Crippen molar-refractivity contribution in [3.05, 3.63) is 0 Å². The first-order chi connectivity index (χ1) is 32.5. The highest BCUT2D eigenvalue weighted by Crippen LogP contribution is 2.61. The Morgan fingerprint density at radius 3 is 0.863 bits per heavy atom. The molecule has 0 aliphatic rings. The van der Waals surface area contributed by atoms with Crippen molar-refractivity contribution in [2.45, 2.75) is 144 Å². The van der Waals surface area contributed by atoms with Crippen LogP contribution in [0.15, 0.2) is 0 Å². The van der Waals surface area contributed by atoms with Gasteiger partial charge in [-0.25, -0.2) is 19.2 Å². The molecule has 73 heavy (non-hydrogen) atoms. The molecule has 0 aliphatic carbocycles. The number of alkyl carbamates (subject to hydrolysis) is 4. The van der Waals surface area contributed by atoms with Gasteiger partial charge in [-0.15, -0.1) is 0 Å². The van der Waals surface area contributed by atoms with Crippen molar-refractivity contribution in [2.24, 2.45) is 11.3 Å². The Morgan fingerprint density at radius 1 is 0.384 bits per heavy atom. The second kappa shape index (κ2) is 24.4. The van der Waals surface area contributed by atoms with Crippen LogP contribution in [0, 0.1) is 11.3 Å². The molecule has 0 saturated heterocycles. The van der Waals surface area contributed by atoms with Crippen molar-refractivity contribution < 1.29 is 143 Å². The smallest absolute Gasteiger partial charge is 0.407 e. The predicted octanol–water partition coefficient (Wildman–Crippen LogP) is 11.6. The summed E-state index contributed by atoms with van der Waals surface area (Å²) in [6.45, 7) is -8.40. The predicted molar refractivity (Wildman–Crippen MR) is 199 cm³/mol. The third-order valence-electron chi connectivity index (χ3n) is 9.86. The van der Waals surface area contributed by atoms with Gasteiger partial charge in [-0.05, 0) is 37.0 Å². The largest absolute Gasteiger partial charge is 0.443 e. The summed E-state index contributed by atoms with van der Waals surface area (Å²) in [5.41, 5.74) is -1.34. The minimum Gasteiger partial charge on any atom is -0.443 e. The van der Waals surface area contributed by atoms with Crippen LogP contribution < -0.4 is 21.3 Å². The van der Waals surface area contributed by atoms with Gasteiger partial charge < -0.3 is 40.2 Å². The molecule has 0 spiro atoms. The fourth-order valence-corrected chi connectivity index (χ4v) is 5.48. The molecular weight excluding hydrogens is 1080 g/mol. The first-order valence-corrected chi connectivity index (χ1v) is 20.7. The van der Waals surface area contributed by atoms with Gasteiger partial charge in [0.2, 0.25) is 0 Å². The lowest BCUT2D eigenvalue weighted by atomic mass is 9.82. The number of ether oxygens (including phenoxy) is 4. The second-order valence-electron chi connectivity index (χ2n) is 16.8. The maximum absolute atomic E-state index is 14.3. The highest BCUT2D eigenvalue weighted by molar-refractivity contribution is 5.68. The third kappa shape index (κ3) is 15.5. The SMILES string of the molecule is CCCCNC(=O)OCC(F)(F)C(F)(F)C(F)(F)C(F)(F)C(F)(F)C(F)(F)COC(=O)NCCC(C)CC(C)(C)CNC(=O)OCC(F)(F)C(F)(F)C(F)(F)C(F)(F)C(F)(F)C(F)(F)COC(=O)NCCCC. The molecule has 0 aliphatic heterocycles. The van der Waals surface area contributed by atoms with Gasteiger partial charge in [-0.1, -0.05) is 47.5 Å². The molecule has 432 valence electrons. The van der Waals surface area contributed by atoms with Crippen LogP contribution in [-0.4, -0.2) is 148 Å². The van der Waals surface area contributed by atoms with Crippen LogP contribution in [0.25, 0.3) is 0 Å². The summed E-state index contributed by atoms with van der Waals surface area (Å²) in [5.74, 6) is -90.5. The number of halogens is 24. The number of alkyl halides is 24. The molecule has 0 radical (unpaired) electrons. The lowest BCUT2D eigenvalue weighted by molar-refractivity contribution is -0.427. The van der Waals surface area contributed by atoms with E-state index in [4.69, 9.17) is 0 Å². The molecule has 0 heterocycles. The number of unbranched alkanes of at least 4 members (excludes halogenated alkanes) is 2. The van der Waals surface area contributed by atoms with E-state index in [-0.39, 0.29) is 38.8 Å². The minimum atomic E-state index is -8.08. The van der Waals surface area contributed by atoms with Crippen LogP contribution in [0.4, 0.5) is 125 Å². The summed E-state index contributed by atoms with van der Waals surface area (Å²) in [6.07, 6.45) is -8.03. The van der Waals surface area contributed by atoms with Crippen molar-refractivity contribution in [3.8, 4) is 0 Å². The van der Waals surface area contributed by atoms with Crippen molar-refractivity contribution in [3.63, 3.8) is 0 Å². The van der Waals surface area contributed by atoms with E-state index < -0.39 is 146 Å². The molecule has 0 bridgehead atoms. The Hall–Kier alpha value is -4.60. The molecule has 1 unspecified atom stereocenters. The first-order valence-electron chi connectivity index (χ1n) is 20.7. The topological polar surface area (TPSA) is 153 Å². The molecule has 0 rings (SSSR count). The highest BCUT2D eigenvalue weighted by Gasteiger charge is 2.91. The van der Waals surface area contributed by atoms with E-state index in [0.29, 0.717) is 12.8 Å². The lowest BCUT2D eigenvalue weighted by Crippen LogP contribution is -2.71. The molecule has 0 aromatic rings. The second-order valence-corrected chi connectivity index (χ2v) is 16.8.